The summed E-state index contributed by atoms with van der Waals surface area (Å²) >= 11 is 0. The van der Waals surface area contributed by atoms with Crippen LogP contribution in [0.5, 0.6) is 0 Å². The molecule has 2 saturated heterocycles. The van der Waals surface area contributed by atoms with Gasteiger partial charge in [0, 0.05) is 12.6 Å². The molecule has 3 heteroatoms. The van der Waals surface area contributed by atoms with Gasteiger partial charge in [-0.2, -0.15) is 0 Å². The van der Waals surface area contributed by atoms with Crippen LogP contribution in [0, 0.1) is 11.8 Å². The zero-order valence-electron chi connectivity index (χ0n) is 10.7. The average Bonchev–Trinajstić information content (AvgIpc) is 2.75. The number of carbonyl (C=O) groups is 1. The Bertz CT molecular complexity index is 261. The molecule has 16 heavy (non-hydrogen) atoms. The minimum absolute atomic E-state index is 0.0972. The van der Waals surface area contributed by atoms with Gasteiger partial charge in [0.2, 0.25) is 5.91 Å². The first-order chi connectivity index (χ1) is 7.59. The van der Waals surface area contributed by atoms with E-state index < -0.39 is 0 Å². The lowest BCUT2D eigenvalue weighted by molar-refractivity contribution is -0.139. The molecule has 0 aromatic heterocycles. The maximum atomic E-state index is 12.4. The van der Waals surface area contributed by atoms with Crippen LogP contribution in [0.1, 0.15) is 40.0 Å². The Morgan fingerprint density at radius 3 is 2.69 bits per heavy atom. The van der Waals surface area contributed by atoms with Gasteiger partial charge < -0.3 is 10.2 Å². The fourth-order valence-electron chi connectivity index (χ4n) is 3.10. The monoisotopic (exact) mass is 224 g/mol. The standard InChI is InChI=1S/C13H24N2O/c1-9-7-10(2)11(3)15(8-9)13(16)12-5-4-6-14-12/h9-12,14H,4-8H2,1-3H3/t9?,10?,11?,12-/m1/s1. The third kappa shape index (κ3) is 2.24. The van der Waals surface area contributed by atoms with E-state index >= 15 is 0 Å². The maximum Gasteiger partial charge on any atom is 0.239 e. The predicted molar refractivity (Wildman–Crippen MR) is 65.1 cm³/mol. The molecule has 1 amide bonds. The Kier molecular flexibility index (Phi) is 3.53. The minimum Gasteiger partial charge on any atom is -0.338 e. The van der Waals surface area contributed by atoms with E-state index in [0.717, 1.165) is 25.9 Å². The Morgan fingerprint density at radius 1 is 1.31 bits per heavy atom. The van der Waals surface area contributed by atoms with Gasteiger partial charge >= 0.3 is 0 Å². The number of carbonyl (C=O) groups excluding carboxylic acids is 1. The largest absolute Gasteiger partial charge is 0.338 e. The van der Waals surface area contributed by atoms with Crippen LogP contribution < -0.4 is 5.32 Å². The van der Waals surface area contributed by atoms with Crippen molar-refractivity contribution in [3.8, 4) is 0 Å². The van der Waals surface area contributed by atoms with Crippen molar-refractivity contribution in [2.24, 2.45) is 11.8 Å². The lowest BCUT2D eigenvalue weighted by Gasteiger charge is -2.42. The number of hydrogen-bond acceptors (Lipinski definition) is 2. The smallest absolute Gasteiger partial charge is 0.239 e. The minimum atomic E-state index is 0.0972. The van der Waals surface area contributed by atoms with Crippen LogP contribution in [0.15, 0.2) is 0 Å². The molecule has 0 aromatic carbocycles. The van der Waals surface area contributed by atoms with Gasteiger partial charge in [-0.3, -0.25) is 4.79 Å². The predicted octanol–water partition coefficient (Wildman–Crippen LogP) is 1.63. The Labute approximate surface area is 98.6 Å². The second kappa shape index (κ2) is 4.74. The molecule has 0 saturated carbocycles. The molecule has 3 nitrogen and oxygen atoms in total. The molecule has 4 atom stereocenters. The normalized spacial score (nSPS) is 40.1. The number of nitrogens with zero attached hydrogens (tertiary/aromatic N) is 1. The Hall–Kier alpha value is -0.570. The summed E-state index contributed by atoms with van der Waals surface area (Å²) in [6, 6.07) is 0.506. The lowest BCUT2D eigenvalue weighted by atomic mass is 9.85. The summed E-state index contributed by atoms with van der Waals surface area (Å²) in [4.78, 5) is 14.5. The van der Waals surface area contributed by atoms with Crippen LogP contribution in [-0.2, 0) is 4.79 Å². The van der Waals surface area contributed by atoms with E-state index in [-0.39, 0.29) is 6.04 Å². The SMILES string of the molecule is CC1CC(C)C(C)N(C(=O)[C@H]2CCCN2)C1. The molecule has 0 radical (unpaired) electrons. The zero-order chi connectivity index (χ0) is 11.7. The molecule has 2 rings (SSSR count). The van der Waals surface area contributed by atoms with Crippen molar-refractivity contribution in [1.29, 1.82) is 0 Å². The van der Waals surface area contributed by atoms with Gasteiger partial charge in [0.1, 0.15) is 0 Å². The number of piperidine rings is 1. The van der Waals surface area contributed by atoms with Gasteiger partial charge in [-0.25, -0.2) is 0 Å². The fourth-order valence-corrected chi connectivity index (χ4v) is 3.10. The van der Waals surface area contributed by atoms with Crippen LogP contribution in [0.4, 0.5) is 0 Å². The average molecular weight is 224 g/mol. The summed E-state index contributed by atoms with van der Waals surface area (Å²) < 4.78 is 0. The molecule has 3 unspecified atom stereocenters. The van der Waals surface area contributed by atoms with E-state index in [0.29, 0.717) is 23.8 Å². The van der Waals surface area contributed by atoms with E-state index in [1.165, 1.54) is 6.42 Å². The highest BCUT2D eigenvalue weighted by atomic mass is 16.2. The van der Waals surface area contributed by atoms with Crippen LogP contribution in [0.25, 0.3) is 0 Å². The third-order valence-corrected chi connectivity index (χ3v) is 4.24. The molecule has 0 aromatic rings. The number of likely N-dealkylation sites (tertiary alicyclic amines) is 1. The van der Waals surface area contributed by atoms with Crippen LogP contribution in [-0.4, -0.2) is 36.0 Å². The maximum absolute atomic E-state index is 12.4. The van der Waals surface area contributed by atoms with Crippen LogP contribution in [0.2, 0.25) is 0 Å². The molecule has 2 fully saturated rings. The van der Waals surface area contributed by atoms with Crippen molar-refractivity contribution >= 4 is 5.91 Å². The summed E-state index contributed by atoms with van der Waals surface area (Å²) in [6.07, 6.45) is 3.41. The molecule has 0 spiro atoms. The van der Waals surface area contributed by atoms with Crippen molar-refractivity contribution in [3.05, 3.63) is 0 Å². The highest BCUT2D eigenvalue weighted by Gasteiger charge is 2.35. The molecule has 2 heterocycles. The number of rotatable bonds is 1. The van der Waals surface area contributed by atoms with Gasteiger partial charge in [-0.1, -0.05) is 13.8 Å². The molecule has 2 aliphatic heterocycles. The summed E-state index contributed by atoms with van der Waals surface area (Å²) in [5.74, 6) is 1.62. The summed E-state index contributed by atoms with van der Waals surface area (Å²) in [5, 5.41) is 3.31. The number of amides is 1. The van der Waals surface area contributed by atoms with Gasteiger partial charge in [0.05, 0.1) is 6.04 Å². The van der Waals surface area contributed by atoms with E-state index in [2.05, 4.69) is 31.0 Å². The third-order valence-electron chi connectivity index (χ3n) is 4.24. The first-order valence-corrected chi connectivity index (χ1v) is 6.63. The molecule has 0 bridgehead atoms. The molecule has 1 N–H and O–H groups in total. The molecular formula is C13H24N2O. The Morgan fingerprint density at radius 2 is 2.06 bits per heavy atom. The number of nitrogens with one attached hydrogen (secondary N) is 1. The first kappa shape index (κ1) is 11.9. The van der Waals surface area contributed by atoms with Crippen molar-refractivity contribution in [2.75, 3.05) is 13.1 Å². The summed E-state index contributed by atoms with van der Waals surface area (Å²) in [5.41, 5.74) is 0. The van der Waals surface area contributed by atoms with Crippen molar-refractivity contribution in [2.45, 2.75) is 52.1 Å². The second-order valence-electron chi connectivity index (χ2n) is 5.70. The van der Waals surface area contributed by atoms with Gasteiger partial charge in [0.25, 0.3) is 0 Å². The zero-order valence-corrected chi connectivity index (χ0v) is 10.7. The summed E-state index contributed by atoms with van der Waals surface area (Å²) in [7, 11) is 0. The van der Waals surface area contributed by atoms with Crippen LogP contribution >= 0.6 is 0 Å². The van der Waals surface area contributed by atoms with Crippen molar-refractivity contribution < 1.29 is 4.79 Å². The van der Waals surface area contributed by atoms with Gasteiger partial charge in [-0.05, 0) is 44.6 Å². The molecular weight excluding hydrogens is 200 g/mol. The molecule has 0 aliphatic carbocycles. The molecule has 2 aliphatic rings. The highest BCUT2D eigenvalue weighted by molar-refractivity contribution is 5.82. The van der Waals surface area contributed by atoms with Gasteiger partial charge in [-0.15, -0.1) is 0 Å². The summed E-state index contributed by atoms with van der Waals surface area (Å²) in [6.45, 7) is 8.67. The van der Waals surface area contributed by atoms with E-state index in [1.807, 2.05) is 0 Å². The molecule has 92 valence electrons. The van der Waals surface area contributed by atoms with Crippen molar-refractivity contribution in [3.63, 3.8) is 0 Å². The van der Waals surface area contributed by atoms with Gasteiger partial charge in [0.15, 0.2) is 0 Å². The fraction of sp³-hybridized carbons (Fsp3) is 0.923. The van der Waals surface area contributed by atoms with E-state index in [1.54, 1.807) is 0 Å². The first-order valence-electron chi connectivity index (χ1n) is 6.63. The Balaban J connectivity index is 2.03. The van der Waals surface area contributed by atoms with Crippen molar-refractivity contribution in [1.82, 2.24) is 10.2 Å². The quantitative estimate of drug-likeness (QED) is 0.734. The van der Waals surface area contributed by atoms with Crippen LogP contribution in [0.3, 0.4) is 0 Å². The van der Waals surface area contributed by atoms with E-state index in [4.69, 9.17) is 0 Å². The topological polar surface area (TPSA) is 32.3 Å². The lowest BCUT2D eigenvalue weighted by Crippen LogP contribution is -2.53. The van der Waals surface area contributed by atoms with E-state index in [9.17, 15) is 4.79 Å². The second-order valence-corrected chi connectivity index (χ2v) is 5.70. The number of hydrogen-bond donors (Lipinski definition) is 1. The highest BCUT2D eigenvalue weighted by Crippen LogP contribution is 2.28.